The molecule has 94 valence electrons. The molecule has 0 bridgehead atoms. The lowest BCUT2D eigenvalue weighted by atomic mass is 10.0. The Bertz CT molecular complexity index is 361. The third-order valence-electron chi connectivity index (χ3n) is 2.83. The lowest BCUT2D eigenvalue weighted by Crippen LogP contribution is -2.30. The van der Waals surface area contributed by atoms with Crippen molar-refractivity contribution in [1.29, 1.82) is 0 Å². The molecule has 17 heavy (non-hydrogen) atoms. The maximum atomic E-state index is 5.78. The van der Waals surface area contributed by atoms with Crippen molar-refractivity contribution in [3.63, 3.8) is 0 Å². The Kier molecular flexibility index (Phi) is 3.52. The monoisotopic (exact) mass is 236 g/mol. The number of rotatable bonds is 4. The third-order valence-corrected chi connectivity index (χ3v) is 2.83. The van der Waals surface area contributed by atoms with Crippen molar-refractivity contribution >= 4 is 0 Å². The Morgan fingerprint density at radius 3 is 2.41 bits per heavy atom. The van der Waals surface area contributed by atoms with Crippen LogP contribution in [0.5, 0.6) is 0 Å². The molecule has 0 radical (unpaired) electrons. The van der Waals surface area contributed by atoms with E-state index in [-0.39, 0.29) is 5.60 Å². The van der Waals surface area contributed by atoms with Crippen LogP contribution >= 0.6 is 0 Å². The molecule has 0 spiro atoms. The second-order valence-corrected chi connectivity index (χ2v) is 5.32. The van der Waals surface area contributed by atoms with E-state index in [1.54, 1.807) is 0 Å². The molecular formula is C14H20O3. The van der Waals surface area contributed by atoms with Gasteiger partial charge in [0.05, 0.1) is 6.61 Å². The van der Waals surface area contributed by atoms with Gasteiger partial charge in [-0.1, -0.05) is 30.3 Å². The Morgan fingerprint density at radius 1 is 1.12 bits per heavy atom. The van der Waals surface area contributed by atoms with Crippen molar-refractivity contribution in [3.8, 4) is 0 Å². The van der Waals surface area contributed by atoms with Gasteiger partial charge < -0.3 is 4.74 Å². The van der Waals surface area contributed by atoms with Crippen molar-refractivity contribution in [2.45, 2.75) is 45.0 Å². The molecule has 3 nitrogen and oxygen atoms in total. The molecule has 0 aromatic heterocycles. The summed E-state index contributed by atoms with van der Waals surface area (Å²) in [6.07, 6.45) is 1.63. The average Bonchev–Trinajstić information content (AvgIpc) is 2.55. The minimum atomic E-state index is -0.613. The summed E-state index contributed by atoms with van der Waals surface area (Å²) >= 11 is 0. The topological polar surface area (TPSA) is 27.7 Å². The Morgan fingerprint density at radius 2 is 1.82 bits per heavy atom. The predicted molar refractivity (Wildman–Crippen MR) is 65.4 cm³/mol. The molecule has 1 aliphatic rings. The SMILES string of the molecule is CC1(C)CC(C)(OCCc2ccccc2)OO1. The maximum Gasteiger partial charge on any atom is 0.201 e. The fourth-order valence-corrected chi connectivity index (χ4v) is 2.14. The molecule has 1 saturated heterocycles. The van der Waals surface area contributed by atoms with Gasteiger partial charge in [-0.15, -0.1) is 0 Å². The zero-order chi connectivity index (χ0) is 12.4. The quantitative estimate of drug-likeness (QED) is 0.752. The average molecular weight is 236 g/mol. The van der Waals surface area contributed by atoms with Gasteiger partial charge in [0.15, 0.2) is 0 Å². The normalized spacial score (nSPS) is 27.2. The van der Waals surface area contributed by atoms with Crippen LogP contribution in [-0.4, -0.2) is 18.0 Å². The van der Waals surface area contributed by atoms with Gasteiger partial charge in [0.2, 0.25) is 5.79 Å². The van der Waals surface area contributed by atoms with E-state index in [4.69, 9.17) is 14.5 Å². The Labute approximate surface area is 103 Å². The number of benzene rings is 1. The molecule has 1 heterocycles. The van der Waals surface area contributed by atoms with Crippen LogP contribution in [0.25, 0.3) is 0 Å². The summed E-state index contributed by atoms with van der Waals surface area (Å²) in [6.45, 7) is 6.56. The van der Waals surface area contributed by atoms with E-state index in [9.17, 15) is 0 Å². The summed E-state index contributed by atoms with van der Waals surface area (Å²) in [5.41, 5.74) is 1.01. The number of hydrogen-bond donors (Lipinski definition) is 0. The van der Waals surface area contributed by atoms with Gasteiger partial charge in [0, 0.05) is 6.42 Å². The first-order chi connectivity index (χ1) is 7.99. The molecule has 1 aromatic carbocycles. The molecule has 1 aromatic rings. The summed E-state index contributed by atoms with van der Waals surface area (Å²) < 4.78 is 5.78. The molecule has 0 N–H and O–H groups in total. The van der Waals surface area contributed by atoms with Crippen molar-refractivity contribution in [2.75, 3.05) is 6.61 Å². The summed E-state index contributed by atoms with van der Waals surface area (Å²) in [6, 6.07) is 10.3. The van der Waals surface area contributed by atoms with Gasteiger partial charge in [0.1, 0.15) is 5.60 Å². The molecular weight excluding hydrogens is 216 g/mol. The summed E-state index contributed by atoms with van der Waals surface area (Å²) in [4.78, 5) is 10.5. The standard InChI is InChI=1S/C14H20O3/c1-13(2)11-14(3,17-16-13)15-10-9-12-7-5-4-6-8-12/h4-8H,9-11H2,1-3H3. The van der Waals surface area contributed by atoms with Crippen LogP contribution in [0.2, 0.25) is 0 Å². The van der Waals surface area contributed by atoms with Crippen LogP contribution < -0.4 is 0 Å². The Hall–Kier alpha value is -0.900. The molecule has 0 aliphatic carbocycles. The third kappa shape index (κ3) is 3.53. The van der Waals surface area contributed by atoms with Gasteiger partial charge in [0.25, 0.3) is 0 Å². The first-order valence-electron chi connectivity index (χ1n) is 6.04. The predicted octanol–water partition coefficient (Wildman–Crippen LogP) is 3.09. The molecule has 0 saturated carbocycles. The van der Waals surface area contributed by atoms with E-state index in [2.05, 4.69) is 12.1 Å². The second kappa shape index (κ2) is 4.77. The highest BCUT2D eigenvalue weighted by molar-refractivity contribution is 5.14. The van der Waals surface area contributed by atoms with Crippen molar-refractivity contribution in [3.05, 3.63) is 35.9 Å². The van der Waals surface area contributed by atoms with Gasteiger partial charge in [-0.3, -0.25) is 0 Å². The van der Waals surface area contributed by atoms with E-state index in [0.717, 1.165) is 12.8 Å². The van der Waals surface area contributed by atoms with Crippen LogP contribution in [0.15, 0.2) is 30.3 Å². The second-order valence-electron chi connectivity index (χ2n) is 5.32. The van der Waals surface area contributed by atoms with E-state index < -0.39 is 5.79 Å². The molecule has 1 atom stereocenters. The van der Waals surface area contributed by atoms with Gasteiger partial charge in [-0.25, -0.2) is 9.78 Å². The molecule has 1 aliphatic heterocycles. The number of ether oxygens (including phenoxy) is 1. The van der Waals surface area contributed by atoms with Gasteiger partial charge in [-0.05, 0) is 32.8 Å². The van der Waals surface area contributed by atoms with Crippen LogP contribution in [-0.2, 0) is 20.9 Å². The highest BCUT2D eigenvalue weighted by Gasteiger charge is 2.44. The zero-order valence-corrected chi connectivity index (χ0v) is 10.7. The Balaban J connectivity index is 1.79. The lowest BCUT2D eigenvalue weighted by Gasteiger charge is -2.21. The lowest BCUT2D eigenvalue weighted by molar-refractivity contribution is -0.393. The van der Waals surface area contributed by atoms with E-state index in [1.165, 1.54) is 5.56 Å². The highest BCUT2D eigenvalue weighted by Crippen LogP contribution is 2.36. The van der Waals surface area contributed by atoms with Crippen LogP contribution in [0.3, 0.4) is 0 Å². The first kappa shape index (κ1) is 12.6. The molecule has 1 unspecified atom stereocenters. The summed E-state index contributed by atoms with van der Waals surface area (Å²) in [5, 5.41) is 0. The van der Waals surface area contributed by atoms with Gasteiger partial charge >= 0.3 is 0 Å². The van der Waals surface area contributed by atoms with E-state index in [0.29, 0.717) is 6.61 Å². The van der Waals surface area contributed by atoms with Crippen molar-refractivity contribution < 1.29 is 14.5 Å². The van der Waals surface area contributed by atoms with E-state index in [1.807, 2.05) is 39.0 Å². The minimum absolute atomic E-state index is 0.262. The van der Waals surface area contributed by atoms with Crippen LogP contribution in [0.4, 0.5) is 0 Å². The van der Waals surface area contributed by atoms with E-state index >= 15 is 0 Å². The number of hydrogen-bond acceptors (Lipinski definition) is 3. The first-order valence-corrected chi connectivity index (χ1v) is 6.04. The van der Waals surface area contributed by atoms with Gasteiger partial charge in [-0.2, -0.15) is 0 Å². The molecule has 2 rings (SSSR count). The summed E-state index contributed by atoms with van der Waals surface area (Å²) in [7, 11) is 0. The zero-order valence-electron chi connectivity index (χ0n) is 10.7. The highest BCUT2D eigenvalue weighted by atomic mass is 17.2. The summed E-state index contributed by atoms with van der Waals surface area (Å²) in [5.74, 6) is -0.613. The fourth-order valence-electron chi connectivity index (χ4n) is 2.14. The van der Waals surface area contributed by atoms with Crippen LogP contribution in [0.1, 0.15) is 32.8 Å². The van der Waals surface area contributed by atoms with Crippen molar-refractivity contribution in [2.24, 2.45) is 0 Å². The molecule has 3 heteroatoms. The van der Waals surface area contributed by atoms with Crippen LogP contribution in [0, 0.1) is 0 Å². The smallest absolute Gasteiger partial charge is 0.201 e. The van der Waals surface area contributed by atoms with Crippen molar-refractivity contribution in [1.82, 2.24) is 0 Å². The fraction of sp³-hybridized carbons (Fsp3) is 0.571. The molecule has 0 amide bonds. The molecule has 1 fully saturated rings. The maximum absolute atomic E-state index is 5.78. The largest absolute Gasteiger partial charge is 0.347 e. The minimum Gasteiger partial charge on any atom is -0.347 e.